The zero-order valence-corrected chi connectivity index (χ0v) is 9.80. The topological polar surface area (TPSA) is 3.24 Å². The van der Waals surface area contributed by atoms with Gasteiger partial charge in [0, 0.05) is 18.0 Å². The maximum Gasteiger partial charge on any atom is 0.0409 e. The van der Waals surface area contributed by atoms with E-state index in [1.807, 2.05) is 18.2 Å². The van der Waals surface area contributed by atoms with E-state index in [1.165, 1.54) is 5.56 Å². The van der Waals surface area contributed by atoms with Crippen molar-refractivity contribution < 1.29 is 0 Å². The van der Waals surface area contributed by atoms with Crippen molar-refractivity contribution in [1.82, 2.24) is 4.90 Å². The van der Waals surface area contributed by atoms with Gasteiger partial charge in [-0.15, -0.1) is 12.3 Å². The molecule has 80 valence electrons. The van der Waals surface area contributed by atoms with Gasteiger partial charge >= 0.3 is 0 Å². The van der Waals surface area contributed by atoms with Gasteiger partial charge in [0.1, 0.15) is 0 Å². The van der Waals surface area contributed by atoms with E-state index in [0.717, 1.165) is 31.0 Å². The van der Waals surface area contributed by atoms with E-state index in [9.17, 15) is 0 Å². The first kappa shape index (κ1) is 12.1. The number of hydrogen-bond acceptors (Lipinski definition) is 1. The molecular weight excluding hydrogens is 206 g/mol. The highest BCUT2D eigenvalue weighted by atomic mass is 35.5. The lowest BCUT2D eigenvalue weighted by Gasteiger charge is -2.15. The summed E-state index contributed by atoms with van der Waals surface area (Å²) in [4.78, 5) is 2.25. The molecule has 0 saturated carbocycles. The summed E-state index contributed by atoms with van der Waals surface area (Å²) < 4.78 is 0. The molecule has 0 N–H and O–H groups in total. The van der Waals surface area contributed by atoms with Crippen LogP contribution in [0.5, 0.6) is 0 Å². The Morgan fingerprint density at radius 1 is 1.47 bits per heavy atom. The van der Waals surface area contributed by atoms with E-state index >= 15 is 0 Å². The van der Waals surface area contributed by atoms with E-state index in [1.54, 1.807) is 0 Å². The van der Waals surface area contributed by atoms with Gasteiger partial charge in [0.05, 0.1) is 0 Å². The lowest BCUT2D eigenvalue weighted by Crippen LogP contribution is -2.18. The van der Waals surface area contributed by atoms with Crippen LogP contribution in [-0.4, -0.2) is 18.5 Å². The van der Waals surface area contributed by atoms with Gasteiger partial charge in [0.15, 0.2) is 0 Å². The molecule has 1 aromatic carbocycles. The van der Waals surface area contributed by atoms with E-state index in [4.69, 9.17) is 18.0 Å². The Kier molecular flexibility index (Phi) is 5.25. The second-order valence-electron chi connectivity index (χ2n) is 3.68. The molecule has 0 atom stereocenters. The fraction of sp³-hybridized carbons (Fsp3) is 0.385. The Hall–Kier alpha value is -0.970. The van der Waals surface area contributed by atoms with E-state index < -0.39 is 0 Å². The number of halogens is 1. The maximum absolute atomic E-state index is 5.91. The van der Waals surface area contributed by atoms with Gasteiger partial charge in [0.25, 0.3) is 0 Å². The minimum atomic E-state index is 0.796. The Bertz CT molecular complexity index is 341. The van der Waals surface area contributed by atoms with Crippen molar-refractivity contribution in [2.24, 2.45) is 0 Å². The molecule has 0 aromatic heterocycles. The summed E-state index contributed by atoms with van der Waals surface area (Å²) >= 11 is 5.91. The lowest BCUT2D eigenvalue weighted by atomic mass is 10.2. The number of benzene rings is 1. The number of hydrogen-bond donors (Lipinski definition) is 0. The predicted molar refractivity (Wildman–Crippen MR) is 65.9 cm³/mol. The molecule has 0 unspecified atom stereocenters. The van der Waals surface area contributed by atoms with Crippen molar-refractivity contribution >= 4 is 11.6 Å². The van der Waals surface area contributed by atoms with Gasteiger partial charge in [-0.25, -0.2) is 0 Å². The largest absolute Gasteiger partial charge is 0.302 e. The number of terminal acetylenes is 1. The van der Waals surface area contributed by atoms with Crippen LogP contribution in [0.1, 0.15) is 18.4 Å². The van der Waals surface area contributed by atoms with Crippen LogP contribution in [0.3, 0.4) is 0 Å². The third-order valence-electron chi connectivity index (χ3n) is 2.20. The normalized spacial score (nSPS) is 10.3. The zero-order valence-electron chi connectivity index (χ0n) is 9.04. The molecule has 0 aliphatic carbocycles. The summed E-state index contributed by atoms with van der Waals surface area (Å²) in [6.45, 7) is 1.95. The first-order valence-corrected chi connectivity index (χ1v) is 5.46. The molecule has 2 heteroatoms. The molecule has 0 bridgehead atoms. The van der Waals surface area contributed by atoms with Crippen molar-refractivity contribution in [2.75, 3.05) is 13.6 Å². The number of unbranched alkanes of at least 4 members (excludes halogenated alkanes) is 1. The molecule has 0 radical (unpaired) electrons. The molecule has 1 rings (SSSR count). The molecular formula is C13H16ClN. The van der Waals surface area contributed by atoms with Crippen LogP contribution >= 0.6 is 11.6 Å². The van der Waals surface area contributed by atoms with Crippen LogP contribution in [0.2, 0.25) is 5.02 Å². The second-order valence-corrected chi connectivity index (χ2v) is 4.11. The summed E-state index contributed by atoms with van der Waals surface area (Å²) in [7, 11) is 2.09. The van der Waals surface area contributed by atoms with Crippen molar-refractivity contribution in [3.8, 4) is 12.3 Å². The quantitative estimate of drug-likeness (QED) is 0.545. The molecule has 1 aromatic rings. The van der Waals surface area contributed by atoms with Crippen molar-refractivity contribution in [3.05, 3.63) is 34.9 Å². The number of nitrogens with zero attached hydrogens (tertiary/aromatic N) is 1. The molecule has 15 heavy (non-hydrogen) atoms. The first-order valence-electron chi connectivity index (χ1n) is 5.09. The minimum absolute atomic E-state index is 0.796. The third-order valence-corrected chi connectivity index (χ3v) is 2.44. The Morgan fingerprint density at radius 2 is 2.27 bits per heavy atom. The molecule has 0 fully saturated rings. The first-order chi connectivity index (χ1) is 7.22. The SMILES string of the molecule is C#CCCCN(C)Cc1cccc(Cl)c1. The van der Waals surface area contributed by atoms with Gasteiger partial charge in [-0.2, -0.15) is 0 Å². The fourth-order valence-electron chi connectivity index (χ4n) is 1.48. The molecule has 0 spiro atoms. The average Bonchev–Trinajstić information content (AvgIpc) is 2.18. The van der Waals surface area contributed by atoms with Gasteiger partial charge < -0.3 is 4.90 Å². The summed E-state index contributed by atoms with van der Waals surface area (Å²) in [6.07, 6.45) is 7.10. The van der Waals surface area contributed by atoms with Crippen LogP contribution in [0.15, 0.2) is 24.3 Å². The molecule has 0 saturated heterocycles. The van der Waals surface area contributed by atoms with Crippen molar-refractivity contribution in [1.29, 1.82) is 0 Å². The monoisotopic (exact) mass is 221 g/mol. The van der Waals surface area contributed by atoms with E-state index in [2.05, 4.69) is 23.9 Å². The smallest absolute Gasteiger partial charge is 0.0409 e. The summed E-state index contributed by atoms with van der Waals surface area (Å²) in [5.41, 5.74) is 1.24. The van der Waals surface area contributed by atoms with Crippen molar-refractivity contribution in [2.45, 2.75) is 19.4 Å². The third kappa shape index (κ3) is 4.88. The Labute approximate surface area is 97.0 Å². The highest BCUT2D eigenvalue weighted by Crippen LogP contribution is 2.12. The average molecular weight is 222 g/mol. The van der Waals surface area contributed by atoms with Crippen LogP contribution in [0.25, 0.3) is 0 Å². The molecule has 0 amide bonds. The Balaban J connectivity index is 2.38. The highest BCUT2D eigenvalue weighted by Gasteiger charge is 2.00. The van der Waals surface area contributed by atoms with Gasteiger partial charge in [-0.05, 0) is 37.7 Å². The second kappa shape index (κ2) is 6.50. The van der Waals surface area contributed by atoms with E-state index in [-0.39, 0.29) is 0 Å². The number of rotatable bonds is 5. The molecule has 0 aliphatic heterocycles. The molecule has 1 nitrogen and oxygen atoms in total. The lowest BCUT2D eigenvalue weighted by molar-refractivity contribution is 0.324. The minimum Gasteiger partial charge on any atom is -0.302 e. The maximum atomic E-state index is 5.91. The van der Waals surface area contributed by atoms with Crippen LogP contribution in [0.4, 0.5) is 0 Å². The van der Waals surface area contributed by atoms with Crippen LogP contribution in [-0.2, 0) is 6.54 Å². The van der Waals surface area contributed by atoms with Gasteiger partial charge in [-0.3, -0.25) is 0 Å². The standard InChI is InChI=1S/C13H16ClN/c1-3-4-5-9-15(2)11-12-7-6-8-13(14)10-12/h1,6-8,10H,4-5,9,11H2,2H3. The van der Waals surface area contributed by atoms with Gasteiger partial charge in [0.2, 0.25) is 0 Å². The van der Waals surface area contributed by atoms with E-state index in [0.29, 0.717) is 0 Å². The summed E-state index contributed by atoms with van der Waals surface area (Å²) in [6, 6.07) is 7.96. The predicted octanol–water partition coefficient (Wildman–Crippen LogP) is 3.19. The molecule has 0 aliphatic rings. The van der Waals surface area contributed by atoms with Gasteiger partial charge in [-0.1, -0.05) is 23.7 Å². The van der Waals surface area contributed by atoms with Crippen LogP contribution < -0.4 is 0 Å². The van der Waals surface area contributed by atoms with Crippen molar-refractivity contribution in [3.63, 3.8) is 0 Å². The highest BCUT2D eigenvalue weighted by molar-refractivity contribution is 6.30. The van der Waals surface area contributed by atoms with Crippen LogP contribution in [0, 0.1) is 12.3 Å². The summed E-state index contributed by atoms with van der Waals surface area (Å²) in [5.74, 6) is 2.65. The molecule has 0 heterocycles. The zero-order chi connectivity index (χ0) is 11.1. The Morgan fingerprint density at radius 3 is 2.93 bits per heavy atom. The summed E-state index contributed by atoms with van der Waals surface area (Å²) in [5, 5.41) is 0.796. The fourth-order valence-corrected chi connectivity index (χ4v) is 1.69.